The molecule has 2 rings (SSSR count). The molecule has 3 N–H and O–H groups in total. The van der Waals surface area contributed by atoms with Gasteiger partial charge in [-0.2, -0.15) is 4.37 Å². The largest absolute Gasteiger partial charge is 0.383 e. The van der Waals surface area contributed by atoms with Crippen LogP contribution in [-0.4, -0.2) is 10.9 Å². The first kappa shape index (κ1) is 8.81. The van der Waals surface area contributed by atoms with Gasteiger partial charge in [0.05, 0.1) is 0 Å². The van der Waals surface area contributed by atoms with Gasteiger partial charge in [0.15, 0.2) is 0 Å². The molecule has 0 spiro atoms. The number of hydrogen-bond donors (Lipinski definition) is 2. The Morgan fingerprint density at radius 1 is 1.54 bits per heavy atom. The fourth-order valence-electron chi connectivity index (χ4n) is 1.83. The van der Waals surface area contributed by atoms with Crippen molar-refractivity contribution in [2.24, 2.45) is 5.92 Å². The lowest BCUT2D eigenvalue weighted by Gasteiger charge is -2.08. The van der Waals surface area contributed by atoms with Crippen LogP contribution in [-0.2, 0) is 0 Å². The Morgan fingerprint density at radius 3 is 2.92 bits per heavy atom. The van der Waals surface area contributed by atoms with Crippen LogP contribution in [0.2, 0.25) is 0 Å². The lowest BCUT2D eigenvalue weighted by molar-refractivity contribution is 0.580. The van der Waals surface area contributed by atoms with E-state index in [1.165, 1.54) is 37.2 Å². The Bertz CT molecular complexity index is 266. The molecular formula is C9H15N3S. The molecule has 1 aliphatic carbocycles. The van der Waals surface area contributed by atoms with Crippen molar-refractivity contribution in [3.05, 3.63) is 6.07 Å². The molecule has 72 valence electrons. The van der Waals surface area contributed by atoms with Crippen molar-refractivity contribution in [2.75, 3.05) is 17.6 Å². The molecule has 0 unspecified atom stereocenters. The second-order valence-corrected chi connectivity index (χ2v) is 4.45. The Morgan fingerprint density at radius 2 is 2.31 bits per heavy atom. The quantitative estimate of drug-likeness (QED) is 0.782. The fraction of sp³-hybridized carbons (Fsp3) is 0.667. The van der Waals surface area contributed by atoms with Crippen LogP contribution in [0.25, 0.3) is 0 Å². The third kappa shape index (κ3) is 2.34. The van der Waals surface area contributed by atoms with Crippen molar-refractivity contribution in [3.8, 4) is 0 Å². The summed E-state index contributed by atoms with van der Waals surface area (Å²) >= 11 is 1.45. The Balaban J connectivity index is 1.78. The van der Waals surface area contributed by atoms with Crippen molar-refractivity contribution in [3.63, 3.8) is 0 Å². The van der Waals surface area contributed by atoms with Gasteiger partial charge in [0.1, 0.15) is 10.8 Å². The van der Waals surface area contributed by atoms with E-state index in [4.69, 9.17) is 5.73 Å². The van der Waals surface area contributed by atoms with E-state index < -0.39 is 0 Å². The second-order valence-electron chi connectivity index (χ2n) is 3.65. The van der Waals surface area contributed by atoms with E-state index in [9.17, 15) is 0 Å². The topological polar surface area (TPSA) is 50.9 Å². The molecule has 0 saturated heterocycles. The minimum atomic E-state index is 0.624. The predicted octanol–water partition coefficient (Wildman–Crippen LogP) is 2.33. The van der Waals surface area contributed by atoms with E-state index in [-0.39, 0.29) is 0 Å². The van der Waals surface area contributed by atoms with Crippen LogP contribution < -0.4 is 11.1 Å². The van der Waals surface area contributed by atoms with Gasteiger partial charge < -0.3 is 11.1 Å². The zero-order chi connectivity index (χ0) is 9.10. The number of hydrogen-bond acceptors (Lipinski definition) is 4. The second kappa shape index (κ2) is 3.96. The summed E-state index contributed by atoms with van der Waals surface area (Å²) in [5.74, 6) is 1.49. The minimum absolute atomic E-state index is 0.624. The van der Waals surface area contributed by atoms with Crippen LogP contribution in [0.5, 0.6) is 0 Å². The first-order chi connectivity index (χ1) is 6.34. The van der Waals surface area contributed by atoms with Crippen molar-refractivity contribution < 1.29 is 0 Å². The van der Waals surface area contributed by atoms with Gasteiger partial charge in [0, 0.05) is 12.6 Å². The highest BCUT2D eigenvalue weighted by molar-refractivity contribution is 7.10. The normalized spacial score (nSPS) is 17.8. The first-order valence-electron chi connectivity index (χ1n) is 4.80. The van der Waals surface area contributed by atoms with Gasteiger partial charge >= 0.3 is 0 Å². The highest BCUT2D eigenvalue weighted by Gasteiger charge is 2.14. The maximum absolute atomic E-state index is 5.52. The molecule has 1 fully saturated rings. The SMILES string of the molecule is Nc1cc(NCC2CCCC2)sn1. The fourth-order valence-corrected chi connectivity index (χ4v) is 2.41. The molecular weight excluding hydrogens is 182 g/mol. The Kier molecular flexibility index (Phi) is 2.68. The number of nitrogens with one attached hydrogen (secondary N) is 1. The molecule has 1 aromatic rings. The summed E-state index contributed by atoms with van der Waals surface area (Å²) in [5.41, 5.74) is 5.52. The summed E-state index contributed by atoms with van der Waals surface area (Å²) in [6.07, 6.45) is 5.55. The standard InChI is InChI=1S/C9H15N3S/c10-8-5-9(13-12-8)11-6-7-3-1-2-4-7/h5,7,11H,1-4,6H2,(H2,10,12). The van der Waals surface area contributed by atoms with Crippen molar-refractivity contribution >= 4 is 22.4 Å². The van der Waals surface area contributed by atoms with Crippen molar-refractivity contribution in [1.29, 1.82) is 0 Å². The van der Waals surface area contributed by atoms with E-state index in [0.29, 0.717) is 5.82 Å². The van der Waals surface area contributed by atoms with Gasteiger partial charge in [0.25, 0.3) is 0 Å². The van der Waals surface area contributed by atoms with Crippen LogP contribution in [0.3, 0.4) is 0 Å². The average Bonchev–Trinajstić information content (AvgIpc) is 2.71. The third-order valence-corrected chi connectivity index (χ3v) is 3.33. The molecule has 1 aromatic heterocycles. The molecule has 0 radical (unpaired) electrons. The molecule has 0 amide bonds. The number of nitrogen functional groups attached to an aromatic ring is 1. The number of nitrogens with two attached hydrogens (primary N) is 1. The maximum atomic E-state index is 5.52. The number of aromatic nitrogens is 1. The Hall–Kier alpha value is -0.770. The van der Waals surface area contributed by atoms with Crippen molar-refractivity contribution in [2.45, 2.75) is 25.7 Å². The summed E-state index contributed by atoms with van der Waals surface area (Å²) in [6, 6.07) is 1.90. The van der Waals surface area contributed by atoms with Crippen LogP contribution in [0.1, 0.15) is 25.7 Å². The number of rotatable bonds is 3. The van der Waals surface area contributed by atoms with E-state index >= 15 is 0 Å². The molecule has 0 aliphatic heterocycles. The highest BCUT2D eigenvalue weighted by Crippen LogP contribution is 2.26. The summed E-state index contributed by atoms with van der Waals surface area (Å²) in [4.78, 5) is 0. The van der Waals surface area contributed by atoms with Crippen LogP contribution in [0.4, 0.5) is 10.8 Å². The average molecular weight is 197 g/mol. The maximum Gasteiger partial charge on any atom is 0.139 e. The van der Waals surface area contributed by atoms with Gasteiger partial charge in [0.2, 0.25) is 0 Å². The zero-order valence-corrected chi connectivity index (χ0v) is 8.44. The molecule has 1 saturated carbocycles. The van der Waals surface area contributed by atoms with Gasteiger partial charge in [-0.15, -0.1) is 0 Å². The van der Waals surface area contributed by atoms with Crippen molar-refractivity contribution in [1.82, 2.24) is 4.37 Å². The van der Waals surface area contributed by atoms with E-state index in [1.807, 2.05) is 6.07 Å². The third-order valence-electron chi connectivity index (χ3n) is 2.57. The van der Waals surface area contributed by atoms with E-state index in [0.717, 1.165) is 17.5 Å². The summed E-state index contributed by atoms with van der Waals surface area (Å²) in [6.45, 7) is 1.08. The molecule has 13 heavy (non-hydrogen) atoms. The van der Waals surface area contributed by atoms with E-state index in [2.05, 4.69) is 9.69 Å². The molecule has 4 heteroatoms. The number of nitrogens with zero attached hydrogens (tertiary/aromatic N) is 1. The lowest BCUT2D eigenvalue weighted by Crippen LogP contribution is -2.09. The zero-order valence-electron chi connectivity index (χ0n) is 7.62. The van der Waals surface area contributed by atoms with Gasteiger partial charge in [-0.3, -0.25) is 0 Å². The summed E-state index contributed by atoms with van der Waals surface area (Å²) in [7, 11) is 0. The van der Waals surface area contributed by atoms with Crippen LogP contribution >= 0.6 is 11.5 Å². The molecule has 1 aliphatic rings. The molecule has 0 atom stereocenters. The summed E-state index contributed by atoms with van der Waals surface area (Å²) in [5, 5.41) is 4.48. The molecule has 0 bridgehead atoms. The lowest BCUT2D eigenvalue weighted by atomic mass is 10.1. The van der Waals surface area contributed by atoms with Crippen LogP contribution in [0, 0.1) is 5.92 Å². The Labute approximate surface area is 82.5 Å². The minimum Gasteiger partial charge on any atom is -0.383 e. The molecule has 3 nitrogen and oxygen atoms in total. The van der Waals surface area contributed by atoms with Gasteiger partial charge in [-0.05, 0) is 30.3 Å². The van der Waals surface area contributed by atoms with Gasteiger partial charge in [-0.1, -0.05) is 12.8 Å². The summed E-state index contributed by atoms with van der Waals surface area (Å²) < 4.78 is 4.02. The highest BCUT2D eigenvalue weighted by atomic mass is 32.1. The van der Waals surface area contributed by atoms with Gasteiger partial charge in [-0.25, -0.2) is 0 Å². The van der Waals surface area contributed by atoms with Crippen LogP contribution in [0.15, 0.2) is 6.07 Å². The number of anilines is 2. The van der Waals surface area contributed by atoms with E-state index in [1.54, 1.807) is 0 Å². The monoisotopic (exact) mass is 197 g/mol. The predicted molar refractivity (Wildman–Crippen MR) is 57.0 cm³/mol. The smallest absolute Gasteiger partial charge is 0.139 e. The molecule has 1 heterocycles. The molecule has 0 aromatic carbocycles. The first-order valence-corrected chi connectivity index (χ1v) is 5.58.